The molecule has 0 aliphatic heterocycles. The second-order valence-electron chi connectivity index (χ2n) is 2.55. The lowest BCUT2D eigenvalue weighted by Gasteiger charge is -2.15. The Balaban J connectivity index is 3.54. The summed E-state index contributed by atoms with van der Waals surface area (Å²) in [7, 11) is 0. The van der Waals surface area contributed by atoms with Gasteiger partial charge in [-0.3, -0.25) is 0 Å². The molecule has 13 heavy (non-hydrogen) atoms. The van der Waals surface area contributed by atoms with Crippen molar-refractivity contribution in [3.63, 3.8) is 0 Å². The third-order valence-corrected chi connectivity index (χ3v) is 1.31. The third kappa shape index (κ3) is 5.81. The van der Waals surface area contributed by atoms with Crippen molar-refractivity contribution in [2.45, 2.75) is 18.4 Å². The minimum Gasteiger partial charge on any atom is -0.394 e. The summed E-state index contributed by atoms with van der Waals surface area (Å²) >= 11 is 0. The Morgan fingerprint density at radius 1 is 1.15 bits per heavy atom. The maximum atomic E-state index is 11.7. The fourth-order valence-corrected chi connectivity index (χ4v) is 0.567. The van der Waals surface area contributed by atoms with Gasteiger partial charge in [-0.2, -0.15) is 13.2 Å². The van der Waals surface area contributed by atoms with Crippen LogP contribution in [-0.2, 0) is 0 Å². The number of aliphatic hydroxyl groups excluding tert-OH is 3. The molecule has 0 spiro atoms. The van der Waals surface area contributed by atoms with Crippen molar-refractivity contribution >= 4 is 0 Å². The van der Waals surface area contributed by atoms with E-state index in [0.717, 1.165) is 0 Å². The third-order valence-electron chi connectivity index (χ3n) is 1.31. The first-order valence-corrected chi connectivity index (χ1v) is 3.62. The largest absolute Gasteiger partial charge is 0.415 e. The molecule has 1 unspecified atom stereocenters. The van der Waals surface area contributed by atoms with Crippen LogP contribution in [0, 0.1) is 0 Å². The smallest absolute Gasteiger partial charge is 0.394 e. The molecule has 0 aromatic rings. The van der Waals surface area contributed by atoms with Gasteiger partial charge in [-0.15, -0.1) is 0 Å². The first kappa shape index (κ1) is 12.6. The van der Waals surface area contributed by atoms with Gasteiger partial charge in [0.1, 0.15) is 0 Å². The van der Waals surface area contributed by atoms with Crippen LogP contribution in [0.2, 0.25) is 0 Å². The highest BCUT2D eigenvalue weighted by Gasteiger charge is 2.37. The highest BCUT2D eigenvalue weighted by atomic mass is 19.4. The average Bonchev–Trinajstić information content (AvgIpc) is 2.02. The van der Waals surface area contributed by atoms with Crippen molar-refractivity contribution in [1.82, 2.24) is 5.32 Å². The number of nitrogens with one attached hydrogen (secondary N) is 1. The molecule has 0 heterocycles. The van der Waals surface area contributed by atoms with Crippen LogP contribution in [0.15, 0.2) is 0 Å². The summed E-state index contributed by atoms with van der Waals surface area (Å²) in [4.78, 5) is 0. The van der Waals surface area contributed by atoms with Gasteiger partial charge in [-0.1, -0.05) is 0 Å². The molecule has 4 N–H and O–H groups in total. The zero-order chi connectivity index (χ0) is 10.5. The molecule has 0 bridgehead atoms. The topological polar surface area (TPSA) is 72.7 Å². The number of rotatable bonds is 5. The van der Waals surface area contributed by atoms with E-state index in [4.69, 9.17) is 15.3 Å². The van der Waals surface area contributed by atoms with Gasteiger partial charge in [0.2, 0.25) is 0 Å². The van der Waals surface area contributed by atoms with Crippen LogP contribution in [0.1, 0.15) is 0 Å². The molecule has 7 heteroatoms. The molecule has 0 aliphatic rings. The summed E-state index contributed by atoms with van der Waals surface area (Å²) < 4.78 is 35.0. The molecule has 0 fully saturated rings. The maximum Gasteiger partial charge on any atom is 0.415 e. The molecule has 0 aliphatic carbocycles. The normalized spacial score (nSPS) is 17.1. The van der Waals surface area contributed by atoms with Crippen molar-refractivity contribution in [2.24, 2.45) is 0 Å². The van der Waals surface area contributed by atoms with Gasteiger partial charge in [-0.05, 0) is 0 Å². The first-order valence-electron chi connectivity index (χ1n) is 3.62. The van der Waals surface area contributed by atoms with Gasteiger partial charge < -0.3 is 20.6 Å². The highest BCUT2D eigenvalue weighted by molar-refractivity contribution is 4.69. The molecular formula is C6H12F3NO3. The lowest BCUT2D eigenvalue weighted by Crippen LogP contribution is -2.41. The summed E-state index contributed by atoms with van der Waals surface area (Å²) in [6.07, 6.45) is -8.21. The van der Waals surface area contributed by atoms with Crippen LogP contribution < -0.4 is 5.32 Å². The van der Waals surface area contributed by atoms with Crippen molar-refractivity contribution < 1.29 is 28.5 Å². The summed E-state index contributed by atoms with van der Waals surface area (Å²) in [6, 6.07) is 0. The lowest BCUT2D eigenvalue weighted by atomic mass is 10.3. The second kappa shape index (κ2) is 5.38. The van der Waals surface area contributed by atoms with Crippen molar-refractivity contribution in [1.29, 1.82) is 0 Å². The number of hydrogen-bond acceptors (Lipinski definition) is 4. The van der Waals surface area contributed by atoms with Gasteiger partial charge in [0.15, 0.2) is 6.10 Å². The zero-order valence-corrected chi connectivity index (χ0v) is 6.75. The molecular weight excluding hydrogens is 191 g/mol. The van der Waals surface area contributed by atoms with E-state index in [1.165, 1.54) is 0 Å². The van der Waals surface area contributed by atoms with Crippen LogP contribution in [-0.4, -0.2) is 53.4 Å². The fraction of sp³-hybridized carbons (Fsp3) is 1.00. The minimum absolute atomic E-state index is 0.191. The predicted molar refractivity (Wildman–Crippen MR) is 38.0 cm³/mol. The lowest BCUT2D eigenvalue weighted by molar-refractivity contribution is -0.202. The molecule has 0 saturated heterocycles. The minimum atomic E-state index is -4.66. The van der Waals surface area contributed by atoms with Crippen molar-refractivity contribution in [3.8, 4) is 0 Å². The molecule has 4 nitrogen and oxygen atoms in total. The van der Waals surface area contributed by atoms with Gasteiger partial charge in [0, 0.05) is 13.1 Å². The number of aliphatic hydroxyl groups is 3. The molecule has 0 rings (SSSR count). The predicted octanol–water partition coefficient (Wildman–Crippen LogP) is -1.15. The Morgan fingerprint density at radius 2 is 1.69 bits per heavy atom. The second-order valence-corrected chi connectivity index (χ2v) is 2.55. The van der Waals surface area contributed by atoms with Gasteiger partial charge in [-0.25, -0.2) is 0 Å². The Kier molecular flexibility index (Phi) is 5.23. The van der Waals surface area contributed by atoms with Gasteiger partial charge >= 0.3 is 6.18 Å². The van der Waals surface area contributed by atoms with Crippen molar-refractivity contribution in [3.05, 3.63) is 0 Å². The molecule has 80 valence electrons. The Hall–Kier alpha value is -0.370. The quantitative estimate of drug-likeness (QED) is 0.455. The summed E-state index contributed by atoms with van der Waals surface area (Å²) in [5, 5.41) is 27.6. The SMILES string of the molecule is OC[C@@H](O)CNCC(O)C(F)(F)F. The zero-order valence-electron chi connectivity index (χ0n) is 6.75. The number of alkyl halides is 3. The van der Waals surface area contributed by atoms with E-state index in [1.54, 1.807) is 0 Å². The van der Waals surface area contributed by atoms with E-state index in [0.29, 0.717) is 0 Å². The number of halogens is 3. The van der Waals surface area contributed by atoms with E-state index < -0.39 is 31.5 Å². The summed E-state index contributed by atoms with van der Waals surface area (Å²) in [5.41, 5.74) is 0. The van der Waals surface area contributed by atoms with Crippen LogP contribution in [0.5, 0.6) is 0 Å². The van der Waals surface area contributed by atoms with Gasteiger partial charge in [0.05, 0.1) is 12.7 Å². The molecule has 0 aromatic carbocycles. The summed E-state index contributed by atoms with van der Waals surface area (Å²) in [6.45, 7) is -1.42. The Labute approximate surface area is 73.0 Å². The van der Waals surface area contributed by atoms with E-state index >= 15 is 0 Å². The molecule has 0 saturated carbocycles. The molecule has 2 atom stereocenters. The summed E-state index contributed by atoms with van der Waals surface area (Å²) in [5.74, 6) is 0. The molecule has 0 amide bonds. The Morgan fingerprint density at radius 3 is 2.08 bits per heavy atom. The van der Waals surface area contributed by atoms with E-state index in [-0.39, 0.29) is 6.54 Å². The van der Waals surface area contributed by atoms with Crippen LogP contribution in [0.3, 0.4) is 0 Å². The Bertz CT molecular complexity index is 142. The molecule has 0 aromatic heterocycles. The monoisotopic (exact) mass is 203 g/mol. The van der Waals surface area contributed by atoms with Crippen LogP contribution in [0.25, 0.3) is 0 Å². The molecule has 0 radical (unpaired) electrons. The van der Waals surface area contributed by atoms with E-state index in [2.05, 4.69) is 5.32 Å². The van der Waals surface area contributed by atoms with E-state index in [1.807, 2.05) is 0 Å². The van der Waals surface area contributed by atoms with Crippen LogP contribution >= 0.6 is 0 Å². The highest BCUT2D eigenvalue weighted by Crippen LogP contribution is 2.18. The fourth-order valence-electron chi connectivity index (χ4n) is 0.567. The van der Waals surface area contributed by atoms with Crippen molar-refractivity contribution in [2.75, 3.05) is 19.7 Å². The number of hydrogen-bond donors (Lipinski definition) is 4. The van der Waals surface area contributed by atoms with E-state index in [9.17, 15) is 13.2 Å². The van der Waals surface area contributed by atoms with Gasteiger partial charge in [0.25, 0.3) is 0 Å². The maximum absolute atomic E-state index is 11.7. The average molecular weight is 203 g/mol. The standard InChI is InChI=1S/C6H12F3NO3/c7-6(8,9)5(13)2-10-1-4(12)3-11/h4-5,10-13H,1-3H2/t4-,5?/m0/s1. The van der Waals surface area contributed by atoms with Crippen LogP contribution in [0.4, 0.5) is 13.2 Å². The first-order chi connectivity index (χ1) is 5.88.